The fraction of sp³-hybridized carbons (Fsp3) is 0.538. The normalized spacial score (nSPS) is 20.8. The number of aryl methyl sites for hydroxylation is 1. The Morgan fingerprint density at radius 3 is 2.93 bits per heavy atom. The molecule has 1 fully saturated rings. The van der Waals surface area contributed by atoms with Crippen molar-refractivity contribution in [2.75, 3.05) is 6.61 Å². The van der Waals surface area contributed by atoms with Crippen LogP contribution in [0.2, 0.25) is 0 Å². The molecular formula is C13H18O2. The molecule has 2 heteroatoms. The number of rotatable bonds is 3. The fourth-order valence-corrected chi connectivity index (χ4v) is 2.20. The summed E-state index contributed by atoms with van der Waals surface area (Å²) in [5, 5.41) is 9.08. The number of aliphatic hydroxyl groups excluding tert-OH is 1. The van der Waals surface area contributed by atoms with E-state index in [0.717, 1.165) is 31.4 Å². The van der Waals surface area contributed by atoms with E-state index >= 15 is 0 Å². The lowest BCUT2D eigenvalue weighted by Crippen LogP contribution is -2.01. The van der Waals surface area contributed by atoms with E-state index in [9.17, 15) is 0 Å². The Hall–Kier alpha value is -0.860. The van der Waals surface area contributed by atoms with Gasteiger partial charge in [0.05, 0.1) is 12.7 Å². The zero-order chi connectivity index (χ0) is 10.7. The summed E-state index contributed by atoms with van der Waals surface area (Å²) < 4.78 is 5.69. The van der Waals surface area contributed by atoms with Crippen LogP contribution in [0.25, 0.3) is 0 Å². The van der Waals surface area contributed by atoms with Crippen molar-refractivity contribution >= 4 is 0 Å². The van der Waals surface area contributed by atoms with Crippen molar-refractivity contribution in [2.24, 2.45) is 0 Å². The summed E-state index contributed by atoms with van der Waals surface area (Å²) in [4.78, 5) is 0. The zero-order valence-corrected chi connectivity index (χ0v) is 9.20. The third-order valence-corrected chi connectivity index (χ3v) is 3.05. The third-order valence-electron chi connectivity index (χ3n) is 3.05. The maximum Gasteiger partial charge on any atom is 0.0828 e. The lowest BCUT2D eigenvalue weighted by atomic mass is 9.96. The molecule has 0 bridgehead atoms. The summed E-state index contributed by atoms with van der Waals surface area (Å²) in [5.74, 6) is 0. The van der Waals surface area contributed by atoms with Gasteiger partial charge in [-0.15, -0.1) is 0 Å². The summed E-state index contributed by atoms with van der Waals surface area (Å²) in [5.41, 5.74) is 3.62. The molecule has 0 spiro atoms. The summed E-state index contributed by atoms with van der Waals surface area (Å²) in [6.07, 6.45) is 3.58. The van der Waals surface area contributed by atoms with E-state index in [0.29, 0.717) is 0 Å². The molecular weight excluding hydrogens is 188 g/mol. The van der Waals surface area contributed by atoms with Gasteiger partial charge in [0.2, 0.25) is 0 Å². The minimum absolute atomic E-state index is 0.124. The van der Waals surface area contributed by atoms with Gasteiger partial charge < -0.3 is 9.84 Å². The Bertz CT molecular complexity index is 327. The van der Waals surface area contributed by atoms with Crippen LogP contribution in [0.3, 0.4) is 0 Å². The molecule has 1 aromatic carbocycles. The van der Waals surface area contributed by atoms with Crippen molar-refractivity contribution < 1.29 is 9.84 Å². The predicted octanol–water partition coefficient (Wildman–Crippen LogP) is 2.59. The second-order valence-electron chi connectivity index (χ2n) is 4.05. The molecule has 1 unspecified atom stereocenters. The van der Waals surface area contributed by atoms with Gasteiger partial charge in [-0.05, 0) is 36.0 Å². The molecule has 1 N–H and O–H groups in total. The van der Waals surface area contributed by atoms with Gasteiger partial charge in [0.25, 0.3) is 0 Å². The molecule has 1 aliphatic heterocycles. The van der Waals surface area contributed by atoms with E-state index in [1.54, 1.807) is 0 Å². The second-order valence-corrected chi connectivity index (χ2v) is 4.05. The molecule has 1 heterocycles. The quantitative estimate of drug-likeness (QED) is 0.823. The SMILES string of the molecule is CCc1cc(CO)ccc1C1CCCO1. The van der Waals surface area contributed by atoms with Crippen molar-refractivity contribution in [3.8, 4) is 0 Å². The second kappa shape index (κ2) is 4.77. The first-order valence-corrected chi connectivity index (χ1v) is 5.69. The average Bonchev–Trinajstić information content (AvgIpc) is 2.81. The first kappa shape index (κ1) is 10.7. The van der Waals surface area contributed by atoms with Crippen LogP contribution in [0.1, 0.15) is 42.6 Å². The van der Waals surface area contributed by atoms with E-state index in [-0.39, 0.29) is 12.7 Å². The van der Waals surface area contributed by atoms with Crippen LogP contribution in [0.5, 0.6) is 0 Å². The zero-order valence-electron chi connectivity index (χ0n) is 9.20. The highest BCUT2D eigenvalue weighted by molar-refractivity contribution is 5.33. The smallest absolute Gasteiger partial charge is 0.0828 e. The van der Waals surface area contributed by atoms with Gasteiger partial charge in [-0.3, -0.25) is 0 Å². The van der Waals surface area contributed by atoms with Gasteiger partial charge >= 0.3 is 0 Å². The van der Waals surface area contributed by atoms with Crippen LogP contribution < -0.4 is 0 Å². The highest BCUT2D eigenvalue weighted by Crippen LogP contribution is 2.31. The van der Waals surface area contributed by atoms with Gasteiger partial charge in [0, 0.05) is 6.61 Å². The molecule has 1 aromatic rings. The third kappa shape index (κ3) is 2.21. The Balaban J connectivity index is 2.29. The van der Waals surface area contributed by atoms with Crippen LogP contribution in [0.4, 0.5) is 0 Å². The minimum Gasteiger partial charge on any atom is -0.392 e. The summed E-state index contributed by atoms with van der Waals surface area (Å²) >= 11 is 0. The Labute approximate surface area is 90.9 Å². The van der Waals surface area contributed by atoms with Crippen LogP contribution >= 0.6 is 0 Å². The van der Waals surface area contributed by atoms with E-state index in [2.05, 4.69) is 19.1 Å². The molecule has 1 atom stereocenters. The van der Waals surface area contributed by atoms with Gasteiger partial charge in [0.15, 0.2) is 0 Å². The first-order chi connectivity index (χ1) is 7.35. The number of hydrogen-bond acceptors (Lipinski definition) is 2. The molecule has 1 saturated heterocycles. The Morgan fingerprint density at radius 2 is 2.33 bits per heavy atom. The van der Waals surface area contributed by atoms with Crippen LogP contribution in [0, 0.1) is 0 Å². The first-order valence-electron chi connectivity index (χ1n) is 5.69. The number of hydrogen-bond donors (Lipinski definition) is 1. The molecule has 15 heavy (non-hydrogen) atoms. The van der Waals surface area contributed by atoms with Gasteiger partial charge in [0.1, 0.15) is 0 Å². The average molecular weight is 206 g/mol. The largest absolute Gasteiger partial charge is 0.392 e. The van der Waals surface area contributed by atoms with E-state index in [1.807, 2.05) is 6.07 Å². The van der Waals surface area contributed by atoms with E-state index in [4.69, 9.17) is 9.84 Å². The number of ether oxygens (including phenoxy) is 1. The predicted molar refractivity (Wildman–Crippen MR) is 59.7 cm³/mol. The van der Waals surface area contributed by atoms with Crippen molar-refractivity contribution in [1.82, 2.24) is 0 Å². The number of benzene rings is 1. The van der Waals surface area contributed by atoms with Crippen LogP contribution in [0.15, 0.2) is 18.2 Å². The van der Waals surface area contributed by atoms with Crippen molar-refractivity contribution in [3.05, 3.63) is 34.9 Å². The monoisotopic (exact) mass is 206 g/mol. The molecule has 2 nitrogen and oxygen atoms in total. The summed E-state index contributed by atoms with van der Waals surface area (Å²) in [6.45, 7) is 3.16. The van der Waals surface area contributed by atoms with E-state index in [1.165, 1.54) is 11.1 Å². The summed E-state index contributed by atoms with van der Waals surface area (Å²) in [7, 11) is 0. The standard InChI is InChI=1S/C13H18O2/c1-2-11-8-10(9-14)5-6-12(11)13-4-3-7-15-13/h5-6,8,13-14H,2-4,7,9H2,1H3. The maximum absolute atomic E-state index is 9.08. The minimum atomic E-state index is 0.124. The van der Waals surface area contributed by atoms with Gasteiger partial charge in [-0.2, -0.15) is 0 Å². The van der Waals surface area contributed by atoms with Gasteiger partial charge in [-0.25, -0.2) is 0 Å². The fourth-order valence-electron chi connectivity index (χ4n) is 2.20. The van der Waals surface area contributed by atoms with E-state index < -0.39 is 0 Å². The molecule has 2 rings (SSSR count). The molecule has 0 radical (unpaired) electrons. The molecule has 0 aliphatic carbocycles. The maximum atomic E-state index is 9.08. The lowest BCUT2D eigenvalue weighted by molar-refractivity contribution is 0.111. The number of aliphatic hydroxyl groups is 1. The lowest BCUT2D eigenvalue weighted by Gasteiger charge is -2.15. The molecule has 1 aliphatic rings. The van der Waals surface area contributed by atoms with Crippen LogP contribution in [-0.4, -0.2) is 11.7 Å². The molecule has 0 amide bonds. The molecule has 0 saturated carbocycles. The summed E-state index contributed by atoms with van der Waals surface area (Å²) in [6, 6.07) is 6.20. The van der Waals surface area contributed by atoms with Crippen molar-refractivity contribution in [2.45, 2.75) is 38.9 Å². The molecule has 82 valence electrons. The van der Waals surface area contributed by atoms with Crippen molar-refractivity contribution in [3.63, 3.8) is 0 Å². The Morgan fingerprint density at radius 1 is 1.47 bits per heavy atom. The highest BCUT2D eigenvalue weighted by atomic mass is 16.5. The van der Waals surface area contributed by atoms with Gasteiger partial charge in [-0.1, -0.05) is 25.1 Å². The highest BCUT2D eigenvalue weighted by Gasteiger charge is 2.19. The van der Waals surface area contributed by atoms with Crippen LogP contribution in [-0.2, 0) is 17.8 Å². The van der Waals surface area contributed by atoms with Crippen molar-refractivity contribution in [1.29, 1.82) is 0 Å². The Kier molecular flexibility index (Phi) is 3.39. The molecule has 0 aromatic heterocycles. The topological polar surface area (TPSA) is 29.5 Å².